The molecule has 29 heavy (non-hydrogen) atoms. The summed E-state index contributed by atoms with van der Waals surface area (Å²) in [6, 6.07) is 1.79. The van der Waals surface area contributed by atoms with Crippen LogP contribution in [-0.2, 0) is 28.6 Å². The minimum Gasteiger partial charge on any atom is -0.472 e. The molecule has 1 spiro atoms. The number of hydrogen-bond donors (Lipinski definition) is 0. The highest BCUT2D eigenvalue weighted by molar-refractivity contribution is 5.99. The van der Waals surface area contributed by atoms with Crippen molar-refractivity contribution in [2.45, 2.75) is 45.1 Å². The lowest BCUT2D eigenvalue weighted by atomic mass is 9.45. The summed E-state index contributed by atoms with van der Waals surface area (Å²) in [6.45, 7) is 2.04. The molecule has 2 heterocycles. The summed E-state index contributed by atoms with van der Waals surface area (Å²) >= 11 is 0. The maximum absolute atomic E-state index is 13.4. The van der Waals surface area contributed by atoms with Gasteiger partial charge in [-0.2, -0.15) is 0 Å². The predicted molar refractivity (Wildman–Crippen MR) is 100 cm³/mol. The molecule has 4 rings (SSSR count). The van der Waals surface area contributed by atoms with Gasteiger partial charge in [0.05, 0.1) is 37.7 Å². The quantitative estimate of drug-likeness (QED) is 0.565. The van der Waals surface area contributed by atoms with E-state index in [1.807, 2.05) is 6.92 Å². The van der Waals surface area contributed by atoms with Gasteiger partial charge in [0.1, 0.15) is 11.5 Å². The Morgan fingerprint density at radius 2 is 2.00 bits per heavy atom. The maximum Gasteiger partial charge on any atom is 0.334 e. The second kappa shape index (κ2) is 7.04. The van der Waals surface area contributed by atoms with E-state index < -0.39 is 34.8 Å². The zero-order valence-corrected chi connectivity index (χ0v) is 16.9. The van der Waals surface area contributed by atoms with Crippen LogP contribution in [0.1, 0.15) is 50.7 Å². The zero-order valence-electron chi connectivity index (χ0n) is 16.9. The highest BCUT2D eigenvalue weighted by Gasteiger charge is 2.69. The molecular weight excluding hydrogens is 376 g/mol. The molecule has 1 unspecified atom stereocenters. The summed E-state index contributed by atoms with van der Waals surface area (Å²) in [5, 5.41) is 0. The lowest BCUT2D eigenvalue weighted by molar-refractivity contribution is -0.177. The highest BCUT2D eigenvalue weighted by atomic mass is 16.6. The standard InChI is InChI=1S/C22H26O7/c1-13-7-9-21(19(24)27-3)15(18(23)26-2)5-4-6-17(21)22(13)11-16(29-20(22)25)14-8-10-28-12-14/h5,8,10,12-13,16-17H,4,6-7,9,11H2,1-3H3/t13-,16?,17+,21-,22-/m1/s1. The highest BCUT2D eigenvalue weighted by Crippen LogP contribution is 2.66. The zero-order chi connectivity index (χ0) is 20.8. The van der Waals surface area contributed by atoms with E-state index in [1.165, 1.54) is 14.2 Å². The third kappa shape index (κ3) is 2.59. The molecule has 7 heteroatoms. The van der Waals surface area contributed by atoms with E-state index in [4.69, 9.17) is 18.6 Å². The third-order valence-corrected chi connectivity index (χ3v) is 7.37. The van der Waals surface area contributed by atoms with Gasteiger partial charge in [0.15, 0.2) is 0 Å². The van der Waals surface area contributed by atoms with Gasteiger partial charge in [0, 0.05) is 12.0 Å². The van der Waals surface area contributed by atoms with E-state index in [0.29, 0.717) is 37.7 Å². The van der Waals surface area contributed by atoms with Gasteiger partial charge >= 0.3 is 17.9 Å². The van der Waals surface area contributed by atoms with Crippen LogP contribution < -0.4 is 0 Å². The number of allylic oxidation sites excluding steroid dienone is 1. The molecule has 156 valence electrons. The van der Waals surface area contributed by atoms with Crippen molar-refractivity contribution in [1.29, 1.82) is 0 Å². The second-order valence-corrected chi connectivity index (χ2v) is 8.34. The Balaban J connectivity index is 1.84. The van der Waals surface area contributed by atoms with Crippen LogP contribution in [0, 0.1) is 22.7 Å². The lowest BCUT2D eigenvalue weighted by Crippen LogP contribution is -2.59. The Morgan fingerprint density at radius 3 is 2.66 bits per heavy atom. The molecule has 0 amide bonds. The number of carbonyl (C=O) groups is 3. The molecule has 1 aromatic rings. The Hall–Kier alpha value is -2.57. The fraction of sp³-hybridized carbons (Fsp3) is 0.591. The van der Waals surface area contributed by atoms with Crippen LogP contribution in [0.4, 0.5) is 0 Å². The number of fused-ring (bicyclic) bond motifs is 2. The summed E-state index contributed by atoms with van der Waals surface area (Å²) in [6.07, 6.45) is 7.17. The molecule has 5 atom stereocenters. The number of cyclic esters (lactones) is 1. The van der Waals surface area contributed by atoms with Gasteiger partial charge < -0.3 is 18.6 Å². The van der Waals surface area contributed by atoms with Crippen LogP contribution in [0.2, 0.25) is 0 Å². The Bertz CT molecular complexity index is 855. The van der Waals surface area contributed by atoms with Crippen LogP contribution in [-0.4, -0.2) is 32.1 Å². The first-order chi connectivity index (χ1) is 13.9. The summed E-state index contributed by atoms with van der Waals surface area (Å²) in [5.74, 6) is -1.71. The van der Waals surface area contributed by atoms with Gasteiger partial charge in [-0.05, 0) is 43.6 Å². The van der Waals surface area contributed by atoms with Crippen molar-refractivity contribution in [3.05, 3.63) is 35.8 Å². The SMILES string of the molecule is COC(=O)C1=CCC[C@H]2[C@@]1(C(=O)OC)CC[C@@H](C)[C@]21CC(c2ccoc2)OC1=O. The number of rotatable bonds is 3. The molecule has 2 aliphatic carbocycles. The molecule has 1 aliphatic heterocycles. The molecule has 1 saturated heterocycles. The number of ether oxygens (including phenoxy) is 3. The second-order valence-electron chi connectivity index (χ2n) is 8.34. The van der Waals surface area contributed by atoms with Crippen LogP contribution in [0.25, 0.3) is 0 Å². The van der Waals surface area contributed by atoms with E-state index in [2.05, 4.69) is 0 Å². The lowest BCUT2D eigenvalue weighted by Gasteiger charge is -2.54. The van der Waals surface area contributed by atoms with Crippen molar-refractivity contribution in [3.63, 3.8) is 0 Å². The summed E-state index contributed by atoms with van der Waals surface area (Å²) in [7, 11) is 2.63. The van der Waals surface area contributed by atoms with Gasteiger partial charge in [-0.15, -0.1) is 0 Å². The molecule has 0 aromatic carbocycles. The van der Waals surface area contributed by atoms with Crippen molar-refractivity contribution in [1.82, 2.24) is 0 Å². The Labute approximate surface area is 169 Å². The summed E-state index contributed by atoms with van der Waals surface area (Å²) < 4.78 is 21.2. The van der Waals surface area contributed by atoms with Gasteiger partial charge in [-0.25, -0.2) is 4.79 Å². The van der Waals surface area contributed by atoms with Crippen molar-refractivity contribution in [2.75, 3.05) is 14.2 Å². The van der Waals surface area contributed by atoms with Crippen LogP contribution in [0.15, 0.2) is 34.7 Å². The number of methoxy groups -OCH3 is 2. The first-order valence-electron chi connectivity index (χ1n) is 10.0. The number of furan rings is 1. The largest absolute Gasteiger partial charge is 0.472 e. The molecule has 2 fully saturated rings. The van der Waals surface area contributed by atoms with Crippen molar-refractivity contribution in [2.24, 2.45) is 22.7 Å². The molecule has 1 aromatic heterocycles. The van der Waals surface area contributed by atoms with Crippen molar-refractivity contribution < 1.29 is 33.0 Å². The van der Waals surface area contributed by atoms with Crippen molar-refractivity contribution in [3.8, 4) is 0 Å². The molecule has 3 aliphatic rings. The van der Waals surface area contributed by atoms with Crippen molar-refractivity contribution >= 4 is 17.9 Å². The topological polar surface area (TPSA) is 92.0 Å². The Morgan fingerprint density at radius 1 is 1.21 bits per heavy atom. The van der Waals surface area contributed by atoms with Crippen LogP contribution in [0.5, 0.6) is 0 Å². The Kier molecular flexibility index (Phi) is 4.79. The third-order valence-electron chi connectivity index (χ3n) is 7.37. The predicted octanol–water partition coefficient (Wildman–Crippen LogP) is 3.35. The number of esters is 3. The van der Waals surface area contributed by atoms with Gasteiger partial charge in [-0.3, -0.25) is 9.59 Å². The molecule has 7 nitrogen and oxygen atoms in total. The van der Waals surface area contributed by atoms with E-state index in [-0.39, 0.29) is 11.9 Å². The van der Waals surface area contributed by atoms with E-state index in [0.717, 1.165) is 5.56 Å². The first-order valence-corrected chi connectivity index (χ1v) is 10.0. The normalized spacial score (nSPS) is 36.2. The van der Waals surface area contributed by atoms with Gasteiger partial charge in [0.2, 0.25) is 0 Å². The molecule has 1 saturated carbocycles. The molecule has 0 bridgehead atoms. The molecule has 0 radical (unpaired) electrons. The maximum atomic E-state index is 13.4. The van der Waals surface area contributed by atoms with Crippen LogP contribution >= 0.6 is 0 Å². The van der Waals surface area contributed by atoms with Crippen LogP contribution in [0.3, 0.4) is 0 Å². The van der Waals surface area contributed by atoms with Gasteiger partial charge in [-0.1, -0.05) is 13.0 Å². The van der Waals surface area contributed by atoms with Gasteiger partial charge in [0.25, 0.3) is 0 Å². The fourth-order valence-corrected chi connectivity index (χ4v) is 5.98. The summed E-state index contributed by atoms with van der Waals surface area (Å²) in [4.78, 5) is 39.2. The smallest absolute Gasteiger partial charge is 0.334 e. The fourth-order valence-electron chi connectivity index (χ4n) is 5.98. The minimum atomic E-state index is -1.20. The number of carbonyl (C=O) groups excluding carboxylic acids is 3. The van der Waals surface area contributed by atoms with E-state index >= 15 is 0 Å². The monoisotopic (exact) mass is 402 g/mol. The average molecular weight is 402 g/mol. The first kappa shape index (κ1) is 19.7. The molecule has 0 N–H and O–H groups in total. The van der Waals surface area contributed by atoms with E-state index in [9.17, 15) is 14.4 Å². The summed E-state index contributed by atoms with van der Waals surface area (Å²) in [5.41, 5.74) is -0.955. The molecular formula is C22H26O7. The average Bonchev–Trinajstić information content (AvgIpc) is 3.38. The number of hydrogen-bond acceptors (Lipinski definition) is 7. The minimum absolute atomic E-state index is 0.00618. The van der Waals surface area contributed by atoms with E-state index in [1.54, 1.807) is 24.7 Å².